The molecular formula is C18H23N3O2. The molecule has 1 aliphatic rings. The molecule has 5 nitrogen and oxygen atoms in total. The van der Waals surface area contributed by atoms with E-state index in [-0.39, 0.29) is 5.91 Å². The number of hydrogen-bond donors (Lipinski definition) is 1. The summed E-state index contributed by atoms with van der Waals surface area (Å²) >= 11 is 0. The monoisotopic (exact) mass is 313 g/mol. The number of carbonyl (C=O) groups is 1. The van der Waals surface area contributed by atoms with E-state index in [9.17, 15) is 4.79 Å². The van der Waals surface area contributed by atoms with Crippen molar-refractivity contribution >= 4 is 5.91 Å². The lowest BCUT2D eigenvalue weighted by molar-refractivity contribution is -0.122. The Kier molecular flexibility index (Phi) is 5.45. The van der Waals surface area contributed by atoms with Crippen LogP contribution in [0.5, 0.6) is 0 Å². The summed E-state index contributed by atoms with van der Waals surface area (Å²) in [6.07, 6.45) is 1.71. The van der Waals surface area contributed by atoms with E-state index < -0.39 is 0 Å². The summed E-state index contributed by atoms with van der Waals surface area (Å²) < 4.78 is 5.38. The van der Waals surface area contributed by atoms with Crippen molar-refractivity contribution in [2.45, 2.75) is 13.1 Å². The second-order valence-corrected chi connectivity index (χ2v) is 5.89. The van der Waals surface area contributed by atoms with Crippen molar-refractivity contribution in [3.63, 3.8) is 0 Å². The molecule has 23 heavy (non-hydrogen) atoms. The summed E-state index contributed by atoms with van der Waals surface area (Å²) in [5.74, 6) is 1.09. The molecule has 122 valence electrons. The van der Waals surface area contributed by atoms with Crippen molar-refractivity contribution in [3.8, 4) is 0 Å². The number of furan rings is 1. The van der Waals surface area contributed by atoms with Crippen LogP contribution in [0.25, 0.3) is 0 Å². The Morgan fingerprint density at radius 2 is 1.74 bits per heavy atom. The van der Waals surface area contributed by atoms with E-state index in [4.69, 9.17) is 4.42 Å². The minimum Gasteiger partial charge on any atom is -0.468 e. The highest BCUT2D eigenvalue weighted by Gasteiger charge is 2.19. The molecule has 0 saturated carbocycles. The third kappa shape index (κ3) is 4.94. The molecule has 0 radical (unpaired) electrons. The SMILES string of the molecule is O=C(CN1CCN(Cc2ccco2)CC1)NCc1ccccc1. The van der Waals surface area contributed by atoms with Crippen LogP contribution in [0.15, 0.2) is 53.1 Å². The molecule has 1 aromatic carbocycles. The molecule has 3 rings (SSSR count). The number of rotatable bonds is 6. The van der Waals surface area contributed by atoms with Gasteiger partial charge in [-0.3, -0.25) is 14.6 Å². The van der Waals surface area contributed by atoms with Gasteiger partial charge in [-0.05, 0) is 17.7 Å². The number of hydrogen-bond acceptors (Lipinski definition) is 4. The molecule has 1 amide bonds. The molecular weight excluding hydrogens is 290 g/mol. The summed E-state index contributed by atoms with van der Waals surface area (Å²) in [7, 11) is 0. The van der Waals surface area contributed by atoms with Crippen LogP contribution in [0.4, 0.5) is 0 Å². The van der Waals surface area contributed by atoms with Crippen LogP contribution in [0.1, 0.15) is 11.3 Å². The van der Waals surface area contributed by atoms with Gasteiger partial charge in [0.15, 0.2) is 0 Å². The molecule has 0 atom stereocenters. The number of nitrogens with one attached hydrogen (secondary N) is 1. The van der Waals surface area contributed by atoms with Crippen molar-refractivity contribution in [2.75, 3.05) is 32.7 Å². The maximum absolute atomic E-state index is 12.0. The molecule has 2 heterocycles. The summed E-state index contributed by atoms with van der Waals surface area (Å²) in [6.45, 7) is 5.68. The van der Waals surface area contributed by atoms with Gasteiger partial charge in [0.25, 0.3) is 0 Å². The lowest BCUT2D eigenvalue weighted by Gasteiger charge is -2.33. The summed E-state index contributed by atoms with van der Waals surface area (Å²) in [5.41, 5.74) is 1.13. The number of carbonyl (C=O) groups excluding carboxylic acids is 1. The first kappa shape index (κ1) is 15.8. The summed E-state index contributed by atoms with van der Waals surface area (Å²) in [4.78, 5) is 16.6. The minimum atomic E-state index is 0.0911. The Morgan fingerprint density at radius 1 is 1.00 bits per heavy atom. The average molecular weight is 313 g/mol. The summed E-state index contributed by atoms with van der Waals surface area (Å²) in [6, 6.07) is 13.9. The van der Waals surface area contributed by atoms with Gasteiger partial charge in [0.1, 0.15) is 5.76 Å². The molecule has 1 aromatic heterocycles. The van der Waals surface area contributed by atoms with Gasteiger partial charge in [-0.25, -0.2) is 0 Å². The second-order valence-electron chi connectivity index (χ2n) is 5.89. The molecule has 5 heteroatoms. The Hall–Kier alpha value is -2.11. The van der Waals surface area contributed by atoms with Crippen molar-refractivity contribution < 1.29 is 9.21 Å². The van der Waals surface area contributed by atoms with Gasteiger partial charge in [0, 0.05) is 32.7 Å². The smallest absolute Gasteiger partial charge is 0.234 e. The fourth-order valence-corrected chi connectivity index (χ4v) is 2.78. The molecule has 0 spiro atoms. The largest absolute Gasteiger partial charge is 0.468 e. The van der Waals surface area contributed by atoms with Gasteiger partial charge in [-0.2, -0.15) is 0 Å². The first-order valence-corrected chi connectivity index (χ1v) is 8.07. The standard InChI is InChI=1S/C18H23N3O2/c22-18(19-13-16-5-2-1-3-6-16)15-21-10-8-20(9-11-21)14-17-7-4-12-23-17/h1-7,12H,8-11,13-15H2,(H,19,22). The van der Waals surface area contributed by atoms with Gasteiger partial charge < -0.3 is 9.73 Å². The topological polar surface area (TPSA) is 48.7 Å². The van der Waals surface area contributed by atoms with Crippen molar-refractivity contribution in [1.29, 1.82) is 0 Å². The van der Waals surface area contributed by atoms with E-state index in [0.717, 1.165) is 44.0 Å². The first-order valence-electron chi connectivity index (χ1n) is 8.07. The number of piperazine rings is 1. The zero-order valence-electron chi connectivity index (χ0n) is 13.3. The van der Waals surface area contributed by atoms with Gasteiger partial charge >= 0.3 is 0 Å². The van der Waals surface area contributed by atoms with Crippen LogP contribution >= 0.6 is 0 Å². The number of amides is 1. The van der Waals surface area contributed by atoms with Crippen LogP contribution < -0.4 is 5.32 Å². The van der Waals surface area contributed by atoms with E-state index in [1.54, 1.807) is 6.26 Å². The molecule has 0 unspecified atom stereocenters. The van der Waals surface area contributed by atoms with Crippen LogP contribution in [-0.2, 0) is 17.9 Å². The Morgan fingerprint density at radius 3 is 2.43 bits per heavy atom. The first-order chi connectivity index (χ1) is 11.3. The van der Waals surface area contributed by atoms with E-state index in [2.05, 4.69) is 15.1 Å². The average Bonchev–Trinajstić information content (AvgIpc) is 3.09. The van der Waals surface area contributed by atoms with E-state index in [1.165, 1.54) is 0 Å². The molecule has 1 N–H and O–H groups in total. The maximum Gasteiger partial charge on any atom is 0.234 e. The van der Waals surface area contributed by atoms with Crippen molar-refractivity contribution in [2.24, 2.45) is 0 Å². The third-order valence-electron chi connectivity index (χ3n) is 4.12. The lowest BCUT2D eigenvalue weighted by Crippen LogP contribution is -2.49. The third-order valence-corrected chi connectivity index (χ3v) is 4.12. The Balaban J connectivity index is 1.36. The molecule has 1 fully saturated rings. The van der Waals surface area contributed by atoms with E-state index >= 15 is 0 Å². The normalized spacial score (nSPS) is 16.3. The van der Waals surface area contributed by atoms with Crippen molar-refractivity contribution in [3.05, 3.63) is 60.1 Å². The highest BCUT2D eigenvalue weighted by atomic mass is 16.3. The fourth-order valence-electron chi connectivity index (χ4n) is 2.78. The lowest BCUT2D eigenvalue weighted by atomic mass is 10.2. The van der Waals surface area contributed by atoms with E-state index in [1.807, 2.05) is 42.5 Å². The maximum atomic E-state index is 12.0. The quantitative estimate of drug-likeness (QED) is 0.882. The van der Waals surface area contributed by atoms with Crippen LogP contribution in [0.3, 0.4) is 0 Å². The van der Waals surface area contributed by atoms with Gasteiger partial charge in [0.05, 0.1) is 19.4 Å². The zero-order valence-corrected chi connectivity index (χ0v) is 13.3. The molecule has 2 aromatic rings. The molecule has 0 bridgehead atoms. The second kappa shape index (κ2) is 7.94. The summed E-state index contributed by atoms with van der Waals surface area (Å²) in [5, 5.41) is 2.98. The molecule has 1 saturated heterocycles. The molecule has 0 aliphatic carbocycles. The van der Waals surface area contributed by atoms with Crippen LogP contribution in [0.2, 0.25) is 0 Å². The highest BCUT2D eigenvalue weighted by molar-refractivity contribution is 5.78. The van der Waals surface area contributed by atoms with Gasteiger partial charge in [0.2, 0.25) is 5.91 Å². The fraction of sp³-hybridized carbons (Fsp3) is 0.389. The number of benzene rings is 1. The Bertz CT molecular complexity index is 590. The van der Waals surface area contributed by atoms with E-state index in [0.29, 0.717) is 13.1 Å². The zero-order chi connectivity index (χ0) is 15.9. The van der Waals surface area contributed by atoms with Crippen LogP contribution in [0, 0.1) is 0 Å². The molecule has 1 aliphatic heterocycles. The van der Waals surface area contributed by atoms with Crippen LogP contribution in [-0.4, -0.2) is 48.4 Å². The van der Waals surface area contributed by atoms with Crippen molar-refractivity contribution in [1.82, 2.24) is 15.1 Å². The highest BCUT2D eigenvalue weighted by Crippen LogP contribution is 2.08. The predicted molar refractivity (Wildman–Crippen MR) is 88.7 cm³/mol. The Labute approximate surface area is 136 Å². The minimum absolute atomic E-state index is 0.0911. The number of nitrogens with zero attached hydrogens (tertiary/aromatic N) is 2. The van der Waals surface area contributed by atoms with Gasteiger partial charge in [-0.1, -0.05) is 30.3 Å². The van der Waals surface area contributed by atoms with Gasteiger partial charge in [-0.15, -0.1) is 0 Å². The predicted octanol–water partition coefficient (Wildman–Crippen LogP) is 1.71.